The van der Waals surface area contributed by atoms with E-state index in [0.29, 0.717) is 10.2 Å². The first-order valence-electron chi connectivity index (χ1n) is 5.29. The second-order valence-corrected chi connectivity index (χ2v) is 4.65. The lowest BCUT2D eigenvalue weighted by molar-refractivity contribution is 0.102. The number of rotatable bonds is 2. The van der Waals surface area contributed by atoms with Gasteiger partial charge in [-0.3, -0.25) is 4.79 Å². The van der Waals surface area contributed by atoms with Crippen LogP contribution in [0.15, 0.2) is 40.9 Å². The van der Waals surface area contributed by atoms with E-state index in [1.807, 2.05) is 0 Å². The molecule has 6 heteroatoms. The third-order valence-electron chi connectivity index (χ3n) is 2.43. The summed E-state index contributed by atoms with van der Waals surface area (Å²) in [6.45, 7) is 0. The molecular weight excluding hydrogens is 318 g/mol. The third kappa shape index (κ3) is 2.90. The van der Waals surface area contributed by atoms with Gasteiger partial charge in [0.15, 0.2) is 11.6 Å². The first-order valence-corrected chi connectivity index (χ1v) is 6.08. The maximum atomic E-state index is 13.4. The van der Waals surface area contributed by atoms with E-state index < -0.39 is 17.5 Å². The second kappa shape index (κ2) is 5.36. The smallest absolute Gasteiger partial charge is 0.256 e. The zero-order valence-corrected chi connectivity index (χ0v) is 11.2. The molecule has 0 spiro atoms. The molecule has 3 N–H and O–H groups in total. The minimum absolute atomic E-state index is 0.223. The van der Waals surface area contributed by atoms with Crippen molar-refractivity contribution >= 4 is 33.2 Å². The number of benzene rings is 2. The van der Waals surface area contributed by atoms with Gasteiger partial charge in [-0.05, 0) is 46.3 Å². The maximum absolute atomic E-state index is 13.4. The highest BCUT2D eigenvalue weighted by Crippen LogP contribution is 2.22. The Hall–Kier alpha value is -1.95. The fourth-order valence-electron chi connectivity index (χ4n) is 1.51. The lowest BCUT2D eigenvalue weighted by Crippen LogP contribution is -2.14. The first-order chi connectivity index (χ1) is 8.99. The number of amides is 1. The Morgan fingerprint density at radius 1 is 1.21 bits per heavy atom. The summed E-state index contributed by atoms with van der Waals surface area (Å²) in [6, 6.07) is 8.22. The molecule has 2 aromatic carbocycles. The van der Waals surface area contributed by atoms with Crippen LogP contribution >= 0.6 is 15.9 Å². The van der Waals surface area contributed by atoms with Gasteiger partial charge in [0, 0.05) is 10.2 Å². The van der Waals surface area contributed by atoms with E-state index in [0.717, 1.165) is 6.07 Å². The number of halogens is 3. The van der Waals surface area contributed by atoms with Gasteiger partial charge in [-0.15, -0.1) is 0 Å². The topological polar surface area (TPSA) is 55.1 Å². The number of hydrogen-bond donors (Lipinski definition) is 2. The molecule has 0 unspecified atom stereocenters. The van der Waals surface area contributed by atoms with E-state index in [9.17, 15) is 13.6 Å². The lowest BCUT2D eigenvalue weighted by atomic mass is 10.2. The van der Waals surface area contributed by atoms with Crippen molar-refractivity contribution in [3.05, 3.63) is 58.1 Å². The summed E-state index contributed by atoms with van der Waals surface area (Å²) in [5, 5.41) is 2.30. The van der Waals surface area contributed by atoms with E-state index in [1.165, 1.54) is 18.2 Å². The zero-order valence-electron chi connectivity index (χ0n) is 9.58. The molecule has 0 bridgehead atoms. The van der Waals surface area contributed by atoms with Crippen LogP contribution in [0.3, 0.4) is 0 Å². The summed E-state index contributed by atoms with van der Waals surface area (Å²) in [4.78, 5) is 12.0. The Morgan fingerprint density at radius 2 is 1.95 bits per heavy atom. The van der Waals surface area contributed by atoms with Crippen LogP contribution in [0.2, 0.25) is 0 Å². The van der Waals surface area contributed by atoms with Crippen molar-refractivity contribution in [2.24, 2.45) is 0 Å². The first kappa shape index (κ1) is 13.5. The van der Waals surface area contributed by atoms with Crippen molar-refractivity contribution in [2.45, 2.75) is 0 Å². The van der Waals surface area contributed by atoms with Crippen LogP contribution in [-0.4, -0.2) is 5.91 Å². The van der Waals surface area contributed by atoms with Gasteiger partial charge in [0.2, 0.25) is 0 Å². The Bertz CT molecular complexity index is 647. The molecular formula is C13H9BrF2N2O. The number of hydrogen-bond acceptors (Lipinski definition) is 2. The summed E-state index contributed by atoms with van der Waals surface area (Å²) in [5.41, 5.74) is 5.99. The largest absolute Gasteiger partial charge is 0.399 e. The van der Waals surface area contributed by atoms with Gasteiger partial charge in [-0.2, -0.15) is 0 Å². The molecule has 2 aromatic rings. The molecule has 0 aliphatic rings. The van der Waals surface area contributed by atoms with Gasteiger partial charge >= 0.3 is 0 Å². The predicted octanol–water partition coefficient (Wildman–Crippen LogP) is 3.56. The van der Waals surface area contributed by atoms with Crippen molar-refractivity contribution in [1.82, 2.24) is 0 Å². The average molecular weight is 327 g/mol. The molecule has 98 valence electrons. The zero-order chi connectivity index (χ0) is 14.0. The molecule has 0 heterocycles. The number of nitrogens with two attached hydrogens (primary N) is 1. The van der Waals surface area contributed by atoms with Crippen molar-refractivity contribution in [3.63, 3.8) is 0 Å². The van der Waals surface area contributed by atoms with Gasteiger partial charge in [0.05, 0.1) is 11.3 Å². The molecule has 0 fully saturated rings. The molecule has 0 saturated carbocycles. The Kier molecular flexibility index (Phi) is 3.80. The minimum Gasteiger partial charge on any atom is -0.399 e. The summed E-state index contributed by atoms with van der Waals surface area (Å²) in [5.74, 6) is -2.70. The van der Waals surface area contributed by atoms with E-state index in [2.05, 4.69) is 21.2 Å². The second-order valence-electron chi connectivity index (χ2n) is 3.79. The molecule has 19 heavy (non-hydrogen) atoms. The molecule has 2 rings (SSSR count). The standard InChI is InChI=1S/C13H9BrF2N2O/c14-9-5-4-7(17)6-8(9)13(19)18-11-3-1-2-10(15)12(11)16/h1-6H,17H2,(H,18,19). The SMILES string of the molecule is Nc1ccc(Br)c(C(=O)Nc2cccc(F)c2F)c1. The fraction of sp³-hybridized carbons (Fsp3) is 0. The van der Waals surface area contributed by atoms with E-state index >= 15 is 0 Å². The summed E-state index contributed by atoms with van der Waals surface area (Å²) < 4.78 is 27.0. The summed E-state index contributed by atoms with van der Waals surface area (Å²) in [6.07, 6.45) is 0. The van der Waals surface area contributed by atoms with Gasteiger partial charge in [0.25, 0.3) is 5.91 Å². The summed E-state index contributed by atoms with van der Waals surface area (Å²) >= 11 is 3.19. The van der Waals surface area contributed by atoms with E-state index in [-0.39, 0.29) is 11.3 Å². The fourth-order valence-corrected chi connectivity index (χ4v) is 1.93. The number of carbonyl (C=O) groups excluding carboxylic acids is 1. The van der Waals surface area contributed by atoms with Crippen molar-refractivity contribution < 1.29 is 13.6 Å². The Morgan fingerprint density at radius 3 is 2.68 bits per heavy atom. The minimum atomic E-state index is -1.10. The predicted molar refractivity (Wildman–Crippen MR) is 72.9 cm³/mol. The highest BCUT2D eigenvalue weighted by atomic mass is 79.9. The van der Waals surface area contributed by atoms with Crippen LogP contribution in [0.25, 0.3) is 0 Å². The van der Waals surface area contributed by atoms with E-state index in [1.54, 1.807) is 12.1 Å². The van der Waals surface area contributed by atoms with Gasteiger partial charge in [-0.1, -0.05) is 6.07 Å². The Balaban J connectivity index is 2.31. The molecule has 3 nitrogen and oxygen atoms in total. The molecule has 0 aliphatic heterocycles. The average Bonchev–Trinajstić information content (AvgIpc) is 2.38. The van der Waals surface area contributed by atoms with Crippen LogP contribution in [0.5, 0.6) is 0 Å². The van der Waals surface area contributed by atoms with Crippen LogP contribution in [-0.2, 0) is 0 Å². The molecule has 1 amide bonds. The van der Waals surface area contributed by atoms with E-state index in [4.69, 9.17) is 5.73 Å². The monoisotopic (exact) mass is 326 g/mol. The highest BCUT2D eigenvalue weighted by molar-refractivity contribution is 9.10. The van der Waals surface area contributed by atoms with Crippen LogP contribution in [0.4, 0.5) is 20.2 Å². The molecule has 0 aromatic heterocycles. The van der Waals surface area contributed by atoms with Crippen molar-refractivity contribution in [2.75, 3.05) is 11.1 Å². The molecule has 0 atom stereocenters. The van der Waals surface area contributed by atoms with Gasteiger partial charge < -0.3 is 11.1 Å². The van der Waals surface area contributed by atoms with Gasteiger partial charge in [0.1, 0.15) is 0 Å². The normalized spacial score (nSPS) is 10.3. The van der Waals surface area contributed by atoms with Crippen LogP contribution in [0.1, 0.15) is 10.4 Å². The number of carbonyl (C=O) groups is 1. The number of nitrogens with one attached hydrogen (secondary N) is 1. The number of anilines is 2. The number of nitrogen functional groups attached to an aromatic ring is 1. The third-order valence-corrected chi connectivity index (χ3v) is 3.13. The maximum Gasteiger partial charge on any atom is 0.256 e. The lowest BCUT2D eigenvalue weighted by Gasteiger charge is -2.08. The van der Waals surface area contributed by atoms with Crippen LogP contribution in [0, 0.1) is 11.6 Å². The molecule has 0 aliphatic carbocycles. The quantitative estimate of drug-likeness (QED) is 0.829. The van der Waals surface area contributed by atoms with Crippen LogP contribution < -0.4 is 11.1 Å². The summed E-state index contributed by atoms with van der Waals surface area (Å²) in [7, 11) is 0. The van der Waals surface area contributed by atoms with Crippen molar-refractivity contribution in [1.29, 1.82) is 0 Å². The highest BCUT2D eigenvalue weighted by Gasteiger charge is 2.14. The molecule has 0 saturated heterocycles. The van der Waals surface area contributed by atoms with Gasteiger partial charge in [-0.25, -0.2) is 8.78 Å². The molecule has 0 radical (unpaired) electrons. The Labute approximate surface area is 116 Å². The van der Waals surface area contributed by atoms with Crippen molar-refractivity contribution in [3.8, 4) is 0 Å².